The molecule has 0 unspecified atom stereocenters. The fraction of sp³-hybridized carbons (Fsp3) is 0.259. The van der Waals surface area contributed by atoms with Gasteiger partial charge in [-0.1, -0.05) is 49.0 Å². The van der Waals surface area contributed by atoms with Gasteiger partial charge in [0.1, 0.15) is 0 Å². The number of nitrogens with one attached hydrogen (secondary N) is 1. The van der Waals surface area contributed by atoms with Gasteiger partial charge in [-0.25, -0.2) is 0 Å². The van der Waals surface area contributed by atoms with Crippen molar-refractivity contribution in [2.75, 3.05) is 11.9 Å². The molecule has 2 heteroatoms. The summed E-state index contributed by atoms with van der Waals surface area (Å²) in [6.07, 6.45) is 2.01. The molecule has 0 spiro atoms. The van der Waals surface area contributed by atoms with Crippen LogP contribution in [0.25, 0.3) is 12.8 Å². The standard InChI is InChI=1S/C27H32N2/c1-19-7-10-24(13-22(19)4)17-29(18-25-11-8-20(2)23(5)14-25)27-12-9-21(3)26(15-27)16-28-6/h7-16,28H,3,17-18H2,1-2,4-6H3/b26-16-. The third kappa shape index (κ3) is 5.08. The molecule has 3 aromatic rings. The van der Waals surface area contributed by atoms with Crippen molar-refractivity contribution >= 4 is 18.5 Å². The number of benzene rings is 3. The Bertz CT molecular complexity index is 1060. The van der Waals surface area contributed by atoms with Crippen molar-refractivity contribution in [3.05, 3.63) is 98.4 Å². The average molecular weight is 385 g/mol. The Balaban J connectivity index is 2.01. The summed E-state index contributed by atoms with van der Waals surface area (Å²) in [5.41, 5.74) is 9.21. The summed E-state index contributed by atoms with van der Waals surface area (Å²) in [6.45, 7) is 14.6. The molecule has 0 amide bonds. The van der Waals surface area contributed by atoms with Crippen LogP contribution in [0.3, 0.4) is 0 Å². The van der Waals surface area contributed by atoms with E-state index in [2.05, 4.69) is 99.1 Å². The zero-order chi connectivity index (χ0) is 21.0. The van der Waals surface area contributed by atoms with Crippen molar-refractivity contribution in [2.45, 2.75) is 40.8 Å². The monoisotopic (exact) mass is 384 g/mol. The second-order valence-corrected chi connectivity index (χ2v) is 8.01. The maximum Gasteiger partial charge on any atom is 0.0433 e. The minimum atomic E-state index is 0.865. The van der Waals surface area contributed by atoms with E-state index in [0.717, 1.165) is 23.5 Å². The Morgan fingerprint density at radius 1 is 0.759 bits per heavy atom. The van der Waals surface area contributed by atoms with Crippen LogP contribution in [0.2, 0.25) is 0 Å². The molecule has 150 valence electrons. The Morgan fingerprint density at radius 3 is 1.79 bits per heavy atom. The fourth-order valence-corrected chi connectivity index (χ4v) is 3.55. The van der Waals surface area contributed by atoms with Crippen LogP contribution in [-0.2, 0) is 13.1 Å². The van der Waals surface area contributed by atoms with Crippen LogP contribution in [0.1, 0.15) is 33.4 Å². The van der Waals surface area contributed by atoms with Gasteiger partial charge < -0.3 is 10.2 Å². The average Bonchev–Trinajstić information content (AvgIpc) is 2.69. The lowest BCUT2D eigenvalue weighted by Crippen LogP contribution is -2.29. The maximum atomic E-state index is 4.16. The molecule has 0 fully saturated rings. The molecule has 3 aromatic carbocycles. The third-order valence-corrected chi connectivity index (χ3v) is 5.68. The van der Waals surface area contributed by atoms with Crippen LogP contribution in [0.5, 0.6) is 0 Å². The number of aryl methyl sites for hydroxylation is 4. The van der Waals surface area contributed by atoms with Gasteiger partial charge in [0, 0.05) is 32.0 Å². The topological polar surface area (TPSA) is 15.3 Å². The van der Waals surface area contributed by atoms with Crippen molar-refractivity contribution in [3.63, 3.8) is 0 Å². The lowest BCUT2D eigenvalue weighted by Gasteiger charge is -2.26. The van der Waals surface area contributed by atoms with E-state index in [1.54, 1.807) is 0 Å². The number of rotatable bonds is 6. The van der Waals surface area contributed by atoms with E-state index in [-0.39, 0.29) is 0 Å². The number of hydrogen-bond acceptors (Lipinski definition) is 2. The van der Waals surface area contributed by atoms with E-state index in [0.29, 0.717) is 0 Å². The van der Waals surface area contributed by atoms with Crippen molar-refractivity contribution in [2.24, 2.45) is 0 Å². The highest BCUT2D eigenvalue weighted by Crippen LogP contribution is 2.21. The van der Waals surface area contributed by atoms with Gasteiger partial charge in [0.25, 0.3) is 0 Å². The number of nitrogens with zero attached hydrogens (tertiary/aromatic N) is 1. The SMILES string of the molecule is C=c1ccc(N(Cc2ccc(C)c(C)c2)Cc2ccc(C)c(C)c2)c/c1=C/NC. The van der Waals surface area contributed by atoms with Gasteiger partial charge in [-0.15, -0.1) is 0 Å². The van der Waals surface area contributed by atoms with Crippen molar-refractivity contribution in [3.8, 4) is 0 Å². The summed E-state index contributed by atoms with van der Waals surface area (Å²) in [4.78, 5) is 2.45. The second kappa shape index (κ2) is 9.00. The summed E-state index contributed by atoms with van der Waals surface area (Å²) in [6, 6.07) is 20.0. The molecule has 0 aliphatic rings. The van der Waals surface area contributed by atoms with Crippen molar-refractivity contribution < 1.29 is 0 Å². The van der Waals surface area contributed by atoms with Gasteiger partial charge in [-0.05, 0) is 83.6 Å². The van der Waals surface area contributed by atoms with E-state index in [1.165, 1.54) is 39.1 Å². The molecule has 0 bridgehead atoms. The summed E-state index contributed by atoms with van der Waals surface area (Å²) < 4.78 is 0. The molecule has 0 saturated carbocycles. The fourth-order valence-electron chi connectivity index (χ4n) is 3.55. The van der Waals surface area contributed by atoms with Crippen LogP contribution in [0.15, 0.2) is 54.6 Å². The van der Waals surface area contributed by atoms with E-state index >= 15 is 0 Å². The van der Waals surface area contributed by atoms with Crippen molar-refractivity contribution in [1.82, 2.24) is 5.32 Å². The Kier molecular flexibility index (Phi) is 6.43. The highest BCUT2D eigenvalue weighted by atomic mass is 15.1. The van der Waals surface area contributed by atoms with Crippen LogP contribution >= 0.6 is 0 Å². The quantitative estimate of drug-likeness (QED) is 0.673. The molecule has 0 saturated heterocycles. The molecule has 0 aromatic heterocycles. The van der Waals surface area contributed by atoms with Crippen LogP contribution in [0.4, 0.5) is 5.69 Å². The first-order valence-corrected chi connectivity index (χ1v) is 10.2. The second-order valence-electron chi connectivity index (χ2n) is 8.01. The molecular weight excluding hydrogens is 352 g/mol. The molecular formula is C27H32N2. The minimum Gasteiger partial charge on any atom is -0.393 e. The Morgan fingerprint density at radius 2 is 1.31 bits per heavy atom. The molecule has 1 N–H and O–H groups in total. The van der Waals surface area contributed by atoms with Gasteiger partial charge in [-0.3, -0.25) is 0 Å². The molecule has 0 aliphatic heterocycles. The summed E-state index contributed by atoms with van der Waals surface area (Å²) in [5, 5.41) is 5.28. The third-order valence-electron chi connectivity index (χ3n) is 5.68. The zero-order valence-electron chi connectivity index (χ0n) is 18.3. The predicted molar refractivity (Wildman–Crippen MR) is 126 cm³/mol. The predicted octanol–water partition coefficient (Wildman–Crippen LogP) is 4.49. The van der Waals surface area contributed by atoms with Crippen molar-refractivity contribution in [1.29, 1.82) is 0 Å². The smallest absolute Gasteiger partial charge is 0.0433 e. The Labute approximate surface area is 175 Å². The molecule has 0 radical (unpaired) electrons. The minimum absolute atomic E-state index is 0.865. The Hall–Kier alpha value is -3.00. The molecule has 0 aliphatic carbocycles. The molecule has 0 heterocycles. The summed E-state index contributed by atoms with van der Waals surface area (Å²) in [7, 11) is 1.92. The highest BCUT2D eigenvalue weighted by molar-refractivity contribution is 5.50. The lowest BCUT2D eigenvalue weighted by atomic mass is 10.0. The number of hydrogen-bond donors (Lipinski definition) is 1. The van der Waals surface area contributed by atoms with Gasteiger partial charge in [-0.2, -0.15) is 0 Å². The van der Waals surface area contributed by atoms with Crippen LogP contribution in [0, 0.1) is 27.7 Å². The molecule has 0 atom stereocenters. The van der Waals surface area contributed by atoms with E-state index in [9.17, 15) is 0 Å². The zero-order valence-corrected chi connectivity index (χ0v) is 18.3. The van der Waals surface area contributed by atoms with Crippen LogP contribution < -0.4 is 20.7 Å². The first-order chi connectivity index (χ1) is 13.9. The van der Waals surface area contributed by atoms with Gasteiger partial charge in [0.05, 0.1) is 0 Å². The van der Waals surface area contributed by atoms with Gasteiger partial charge in [0.2, 0.25) is 0 Å². The van der Waals surface area contributed by atoms with E-state index < -0.39 is 0 Å². The molecule has 29 heavy (non-hydrogen) atoms. The number of anilines is 1. The largest absolute Gasteiger partial charge is 0.393 e. The summed E-state index contributed by atoms with van der Waals surface area (Å²) in [5.74, 6) is 0. The molecule has 3 rings (SSSR count). The maximum absolute atomic E-state index is 4.16. The highest BCUT2D eigenvalue weighted by Gasteiger charge is 2.10. The van der Waals surface area contributed by atoms with E-state index in [4.69, 9.17) is 0 Å². The van der Waals surface area contributed by atoms with E-state index in [1.807, 2.05) is 13.2 Å². The first kappa shape index (κ1) is 20.7. The summed E-state index contributed by atoms with van der Waals surface area (Å²) >= 11 is 0. The molecule has 2 nitrogen and oxygen atoms in total. The normalized spacial score (nSPS) is 11.6. The first-order valence-electron chi connectivity index (χ1n) is 10.2. The van der Waals surface area contributed by atoms with Gasteiger partial charge >= 0.3 is 0 Å². The lowest BCUT2D eigenvalue weighted by molar-refractivity contribution is 0.797. The van der Waals surface area contributed by atoms with Crippen LogP contribution in [-0.4, -0.2) is 7.05 Å². The van der Waals surface area contributed by atoms with Gasteiger partial charge in [0.15, 0.2) is 0 Å².